The van der Waals surface area contributed by atoms with Crippen molar-refractivity contribution in [1.82, 2.24) is 10.2 Å². The van der Waals surface area contributed by atoms with Crippen molar-refractivity contribution < 1.29 is 4.39 Å². The number of aromatic nitrogens is 2. The molecule has 4 aromatic rings. The van der Waals surface area contributed by atoms with Crippen molar-refractivity contribution in [3.63, 3.8) is 0 Å². The van der Waals surface area contributed by atoms with Crippen LogP contribution in [0, 0.1) is 5.82 Å². The standard InChI is InChI=1S/C18H11FN2S/c19-16-8-4-3-7-15(16)18-21-20-17(22-18)14-10-9-12-5-1-2-6-13(12)11-14/h1-11H. The van der Waals surface area contributed by atoms with E-state index in [1.54, 1.807) is 18.2 Å². The highest BCUT2D eigenvalue weighted by Gasteiger charge is 2.12. The van der Waals surface area contributed by atoms with Gasteiger partial charge in [0.15, 0.2) is 5.01 Å². The molecule has 0 bridgehead atoms. The third kappa shape index (κ3) is 2.27. The van der Waals surface area contributed by atoms with Gasteiger partial charge in [0.25, 0.3) is 0 Å². The zero-order valence-corrected chi connectivity index (χ0v) is 12.3. The third-order valence-corrected chi connectivity index (χ3v) is 4.53. The summed E-state index contributed by atoms with van der Waals surface area (Å²) in [7, 11) is 0. The van der Waals surface area contributed by atoms with Gasteiger partial charge < -0.3 is 0 Å². The fourth-order valence-corrected chi connectivity index (χ4v) is 3.27. The van der Waals surface area contributed by atoms with Gasteiger partial charge in [-0.15, -0.1) is 10.2 Å². The van der Waals surface area contributed by atoms with Crippen LogP contribution in [0.1, 0.15) is 0 Å². The van der Waals surface area contributed by atoms with Crippen LogP contribution in [-0.2, 0) is 0 Å². The predicted molar refractivity (Wildman–Crippen MR) is 88.2 cm³/mol. The SMILES string of the molecule is Fc1ccccc1-c1nnc(-c2ccc3ccccc3c2)s1. The Morgan fingerprint density at radius 2 is 1.45 bits per heavy atom. The lowest BCUT2D eigenvalue weighted by atomic mass is 10.1. The molecule has 4 heteroatoms. The van der Waals surface area contributed by atoms with Gasteiger partial charge in [-0.3, -0.25) is 0 Å². The Morgan fingerprint density at radius 1 is 0.727 bits per heavy atom. The quantitative estimate of drug-likeness (QED) is 0.511. The molecule has 4 rings (SSSR count). The van der Waals surface area contributed by atoms with Crippen LogP contribution in [0.15, 0.2) is 66.7 Å². The Morgan fingerprint density at radius 3 is 2.32 bits per heavy atom. The molecular formula is C18H11FN2S. The van der Waals surface area contributed by atoms with Crippen LogP contribution in [0.25, 0.3) is 31.9 Å². The molecule has 0 spiro atoms. The van der Waals surface area contributed by atoms with E-state index in [-0.39, 0.29) is 5.82 Å². The summed E-state index contributed by atoms with van der Waals surface area (Å²) in [5.74, 6) is -0.274. The van der Waals surface area contributed by atoms with Crippen LogP contribution in [0.4, 0.5) is 4.39 Å². The maximum absolute atomic E-state index is 13.8. The molecule has 106 valence electrons. The van der Waals surface area contributed by atoms with Crippen molar-refractivity contribution in [3.8, 4) is 21.1 Å². The molecule has 0 atom stereocenters. The average Bonchev–Trinajstić information content (AvgIpc) is 3.04. The maximum Gasteiger partial charge on any atom is 0.151 e. The lowest BCUT2D eigenvalue weighted by Crippen LogP contribution is -1.82. The van der Waals surface area contributed by atoms with E-state index < -0.39 is 0 Å². The molecule has 1 aromatic heterocycles. The van der Waals surface area contributed by atoms with Gasteiger partial charge in [0.2, 0.25) is 0 Å². The van der Waals surface area contributed by atoms with Crippen LogP contribution < -0.4 is 0 Å². The maximum atomic E-state index is 13.8. The largest absolute Gasteiger partial charge is 0.206 e. The molecule has 0 aliphatic heterocycles. The van der Waals surface area contributed by atoms with Gasteiger partial charge in [-0.25, -0.2) is 4.39 Å². The van der Waals surface area contributed by atoms with Crippen molar-refractivity contribution in [1.29, 1.82) is 0 Å². The summed E-state index contributed by atoms with van der Waals surface area (Å²) < 4.78 is 13.8. The normalized spacial score (nSPS) is 11.0. The summed E-state index contributed by atoms with van der Waals surface area (Å²) in [6, 6.07) is 21.0. The van der Waals surface area contributed by atoms with Gasteiger partial charge in [0.1, 0.15) is 10.8 Å². The van der Waals surface area contributed by atoms with Crippen LogP contribution in [-0.4, -0.2) is 10.2 Å². The van der Waals surface area contributed by atoms with Gasteiger partial charge in [-0.2, -0.15) is 0 Å². The molecule has 3 aromatic carbocycles. The molecule has 1 heterocycles. The van der Waals surface area contributed by atoms with Crippen LogP contribution >= 0.6 is 11.3 Å². The minimum atomic E-state index is -0.274. The minimum absolute atomic E-state index is 0.274. The lowest BCUT2D eigenvalue weighted by molar-refractivity contribution is 0.631. The van der Waals surface area contributed by atoms with E-state index in [0.717, 1.165) is 16.0 Å². The smallest absolute Gasteiger partial charge is 0.151 e. The summed E-state index contributed by atoms with van der Waals surface area (Å²) >= 11 is 1.40. The average molecular weight is 306 g/mol. The van der Waals surface area contributed by atoms with Gasteiger partial charge in [-0.1, -0.05) is 59.9 Å². The lowest BCUT2D eigenvalue weighted by Gasteiger charge is -2.00. The Kier molecular flexibility index (Phi) is 3.16. The minimum Gasteiger partial charge on any atom is -0.206 e. The Bertz CT molecular complexity index is 962. The van der Waals surface area contributed by atoms with Crippen molar-refractivity contribution in [2.45, 2.75) is 0 Å². The molecule has 0 saturated heterocycles. The second-order valence-electron chi connectivity index (χ2n) is 4.95. The first-order valence-electron chi connectivity index (χ1n) is 6.89. The first kappa shape index (κ1) is 13.1. The van der Waals surface area contributed by atoms with E-state index in [1.165, 1.54) is 22.8 Å². The zero-order chi connectivity index (χ0) is 14.9. The fourth-order valence-electron chi connectivity index (χ4n) is 2.41. The van der Waals surface area contributed by atoms with Crippen molar-refractivity contribution in [3.05, 3.63) is 72.5 Å². The van der Waals surface area contributed by atoms with Gasteiger partial charge in [0.05, 0.1) is 0 Å². The predicted octanol–water partition coefficient (Wildman–Crippen LogP) is 5.16. The summed E-state index contributed by atoms with van der Waals surface area (Å²) in [6.45, 7) is 0. The van der Waals surface area contributed by atoms with E-state index in [9.17, 15) is 4.39 Å². The van der Waals surface area contributed by atoms with Gasteiger partial charge in [0, 0.05) is 11.1 Å². The number of nitrogens with zero attached hydrogens (tertiary/aromatic N) is 2. The molecule has 0 unspecified atom stereocenters. The second kappa shape index (κ2) is 5.31. The number of fused-ring (bicyclic) bond motifs is 1. The number of halogens is 1. The Hall–Kier alpha value is -2.59. The van der Waals surface area contributed by atoms with Crippen molar-refractivity contribution in [2.24, 2.45) is 0 Å². The molecule has 0 radical (unpaired) electrons. The topological polar surface area (TPSA) is 25.8 Å². The summed E-state index contributed by atoms with van der Waals surface area (Å²) in [5, 5.41) is 12.1. The summed E-state index contributed by atoms with van der Waals surface area (Å²) in [6.07, 6.45) is 0. The number of rotatable bonds is 2. The highest BCUT2D eigenvalue weighted by molar-refractivity contribution is 7.17. The molecule has 0 N–H and O–H groups in total. The van der Waals surface area contributed by atoms with Gasteiger partial charge in [-0.05, 0) is 29.0 Å². The van der Waals surface area contributed by atoms with Crippen LogP contribution in [0.2, 0.25) is 0 Å². The van der Waals surface area contributed by atoms with E-state index in [1.807, 2.05) is 18.2 Å². The Labute approximate surface area is 130 Å². The number of hydrogen-bond acceptors (Lipinski definition) is 3. The first-order chi connectivity index (χ1) is 10.8. The number of benzene rings is 3. The van der Waals surface area contributed by atoms with Crippen LogP contribution in [0.5, 0.6) is 0 Å². The van der Waals surface area contributed by atoms with E-state index in [2.05, 4.69) is 34.5 Å². The molecule has 0 amide bonds. The molecule has 0 fully saturated rings. The summed E-state index contributed by atoms with van der Waals surface area (Å²) in [4.78, 5) is 0. The molecular weight excluding hydrogens is 295 g/mol. The first-order valence-corrected chi connectivity index (χ1v) is 7.70. The van der Waals surface area contributed by atoms with Crippen molar-refractivity contribution in [2.75, 3.05) is 0 Å². The molecule has 22 heavy (non-hydrogen) atoms. The third-order valence-electron chi connectivity index (χ3n) is 3.53. The number of hydrogen-bond donors (Lipinski definition) is 0. The van der Waals surface area contributed by atoms with E-state index in [4.69, 9.17) is 0 Å². The van der Waals surface area contributed by atoms with Crippen LogP contribution in [0.3, 0.4) is 0 Å². The highest BCUT2D eigenvalue weighted by Crippen LogP contribution is 2.32. The Balaban J connectivity index is 1.78. The van der Waals surface area contributed by atoms with Crippen molar-refractivity contribution >= 4 is 22.1 Å². The summed E-state index contributed by atoms with van der Waals surface area (Å²) in [5.41, 5.74) is 1.49. The molecule has 0 saturated carbocycles. The molecule has 0 aliphatic carbocycles. The van der Waals surface area contributed by atoms with E-state index >= 15 is 0 Å². The fraction of sp³-hybridized carbons (Fsp3) is 0. The van der Waals surface area contributed by atoms with E-state index in [0.29, 0.717) is 10.6 Å². The molecule has 2 nitrogen and oxygen atoms in total. The second-order valence-corrected chi connectivity index (χ2v) is 5.93. The zero-order valence-electron chi connectivity index (χ0n) is 11.5. The molecule has 0 aliphatic rings. The highest BCUT2D eigenvalue weighted by atomic mass is 32.1. The monoisotopic (exact) mass is 306 g/mol. The van der Waals surface area contributed by atoms with Gasteiger partial charge >= 0.3 is 0 Å².